The highest BCUT2D eigenvalue weighted by Crippen LogP contribution is 2.37. The van der Waals surface area contributed by atoms with E-state index in [1.807, 2.05) is 0 Å². The van der Waals surface area contributed by atoms with E-state index in [1.54, 1.807) is 24.4 Å². The summed E-state index contributed by atoms with van der Waals surface area (Å²) in [5.74, 6) is -0.546. The number of carbonyl (C=O) groups excluding carboxylic acids is 2. The third-order valence-corrected chi connectivity index (χ3v) is 5.72. The van der Waals surface area contributed by atoms with E-state index >= 15 is 0 Å². The molecule has 0 atom stereocenters. The molecule has 154 valence electrons. The molecule has 1 aliphatic rings. The number of benzene rings is 1. The monoisotopic (exact) mass is 417 g/mol. The normalized spacial score (nSPS) is 14.2. The van der Waals surface area contributed by atoms with Crippen molar-refractivity contribution in [2.75, 3.05) is 11.9 Å². The van der Waals surface area contributed by atoms with Crippen LogP contribution in [0.15, 0.2) is 29.6 Å². The van der Waals surface area contributed by atoms with Gasteiger partial charge in [-0.1, -0.05) is 19.3 Å². The first kappa shape index (κ1) is 20.8. The Morgan fingerprint density at radius 3 is 2.52 bits per heavy atom. The van der Waals surface area contributed by atoms with Gasteiger partial charge in [-0.15, -0.1) is 11.3 Å². The van der Waals surface area contributed by atoms with Gasteiger partial charge >= 0.3 is 12.0 Å². The lowest BCUT2D eigenvalue weighted by Crippen LogP contribution is -2.39. The molecule has 3 rings (SSSR count). The Morgan fingerprint density at radius 2 is 1.90 bits per heavy atom. The lowest BCUT2D eigenvalue weighted by Gasteiger charge is -2.22. The second-order valence-corrected chi connectivity index (χ2v) is 7.69. The first-order valence-corrected chi connectivity index (χ1v) is 10.5. The van der Waals surface area contributed by atoms with E-state index in [4.69, 9.17) is 4.74 Å². The maximum Gasteiger partial charge on any atom is 0.341 e. The summed E-state index contributed by atoms with van der Waals surface area (Å²) < 4.78 is 5.17. The quantitative estimate of drug-likeness (QED) is 0.392. The molecule has 2 amide bonds. The minimum Gasteiger partial charge on any atom is -0.462 e. The number of nitro benzene ring substituents is 1. The molecule has 0 bridgehead atoms. The minimum absolute atomic E-state index is 0.0353. The third kappa shape index (κ3) is 5.11. The summed E-state index contributed by atoms with van der Waals surface area (Å²) in [5, 5.41) is 18.8. The number of nitrogens with one attached hydrogen (secondary N) is 2. The molecule has 1 aliphatic carbocycles. The van der Waals surface area contributed by atoms with Gasteiger partial charge < -0.3 is 10.1 Å². The van der Waals surface area contributed by atoms with Crippen LogP contribution in [0, 0.1) is 10.1 Å². The fourth-order valence-electron chi connectivity index (χ4n) is 3.40. The number of hydrogen-bond donors (Lipinski definition) is 2. The van der Waals surface area contributed by atoms with Crippen molar-refractivity contribution in [2.45, 2.75) is 45.1 Å². The number of carbonyl (C=O) groups is 2. The molecule has 0 unspecified atom stereocenters. The summed E-state index contributed by atoms with van der Waals surface area (Å²) in [4.78, 5) is 35.4. The molecule has 2 aromatic rings. The van der Waals surface area contributed by atoms with Gasteiger partial charge in [0.05, 0.1) is 11.5 Å². The number of non-ortho nitro benzene ring substituents is 1. The SMILES string of the molecule is CCOC(=O)c1c(-c2ccc([N+](=O)[O-])cc2)csc1NC(=O)NC1CCCCC1. The van der Waals surface area contributed by atoms with E-state index in [1.165, 1.54) is 29.9 Å². The van der Waals surface area contributed by atoms with Crippen LogP contribution < -0.4 is 10.6 Å². The maximum absolute atomic E-state index is 12.6. The first-order chi connectivity index (χ1) is 14.0. The Morgan fingerprint density at radius 1 is 1.21 bits per heavy atom. The standard InChI is InChI=1S/C20H23N3O5S/c1-2-28-19(24)17-16(13-8-10-15(11-9-13)23(26)27)12-29-18(17)22-20(25)21-14-6-4-3-5-7-14/h8-12,14H,2-7H2,1H3,(H2,21,22,25). The highest BCUT2D eigenvalue weighted by molar-refractivity contribution is 7.15. The second kappa shape index (κ2) is 9.51. The first-order valence-electron chi connectivity index (χ1n) is 9.60. The zero-order valence-corrected chi connectivity index (χ0v) is 16.9. The summed E-state index contributed by atoms with van der Waals surface area (Å²) in [6, 6.07) is 5.71. The van der Waals surface area contributed by atoms with E-state index in [0.717, 1.165) is 25.7 Å². The molecule has 1 fully saturated rings. The molecule has 0 radical (unpaired) electrons. The average molecular weight is 417 g/mol. The number of thiophene rings is 1. The van der Waals surface area contributed by atoms with Crippen molar-refractivity contribution in [3.8, 4) is 11.1 Å². The van der Waals surface area contributed by atoms with Crippen LogP contribution >= 0.6 is 11.3 Å². The molecule has 2 N–H and O–H groups in total. The smallest absolute Gasteiger partial charge is 0.341 e. The Bertz CT molecular complexity index is 888. The van der Waals surface area contributed by atoms with Crippen molar-refractivity contribution in [1.82, 2.24) is 5.32 Å². The van der Waals surface area contributed by atoms with E-state index in [9.17, 15) is 19.7 Å². The second-order valence-electron chi connectivity index (χ2n) is 6.81. The van der Waals surface area contributed by atoms with Gasteiger partial charge in [-0.25, -0.2) is 9.59 Å². The van der Waals surface area contributed by atoms with Crippen LogP contribution in [0.4, 0.5) is 15.5 Å². The molecule has 9 heteroatoms. The zero-order valence-electron chi connectivity index (χ0n) is 16.1. The van der Waals surface area contributed by atoms with Gasteiger partial charge in [0.1, 0.15) is 10.6 Å². The molecule has 0 spiro atoms. The summed E-state index contributed by atoms with van der Waals surface area (Å²) >= 11 is 1.22. The summed E-state index contributed by atoms with van der Waals surface area (Å²) in [6.07, 6.45) is 5.30. The molecule has 0 saturated heterocycles. The number of nitro groups is 1. The van der Waals surface area contributed by atoms with Gasteiger partial charge in [0.2, 0.25) is 0 Å². The molecule has 29 heavy (non-hydrogen) atoms. The van der Waals surface area contributed by atoms with Crippen LogP contribution in [0.2, 0.25) is 0 Å². The van der Waals surface area contributed by atoms with E-state index in [0.29, 0.717) is 16.1 Å². The summed E-state index contributed by atoms with van der Waals surface area (Å²) in [7, 11) is 0. The van der Waals surface area contributed by atoms with E-state index in [2.05, 4.69) is 10.6 Å². The Hall–Kier alpha value is -2.94. The van der Waals surface area contributed by atoms with Crippen molar-refractivity contribution in [3.63, 3.8) is 0 Å². The van der Waals surface area contributed by atoms with Crippen LogP contribution in [0.5, 0.6) is 0 Å². The minimum atomic E-state index is -0.546. The average Bonchev–Trinajstić information content (AvgIpc) is 3.12. The van der Waals surface area contributed by atoms with Crippen LogP contribution in [0.25, 0.3) is 11.1 Å². The van der Waals surface area contributed by atoms with Crippen molar-refractivity contribution in [3.05, 3.63) is 45.3 Å². The van der Waals surface area contributed by atoms with Crippen molar-refractivity contribution >= 4 is 34.0 Å². The topological polar surface area (TPSA) is 111 Å². The number of rotatable bonds is 6. The van der Waals surface area contributed by atoms with Crippen LogP contribution in [0.3, 0.4) is 0 Å². The van der Waals surface area contributed by atoms with Gasteiger partial charge in [-0.3, -0.25) is 15.4 Å². The predicted octanol–water partition coefficient (Wildman–Crippen LogP) is 4.95. The Kier molecular flexibility index (Phi) is 6.82. The van der Waals surface area contributed by atoms with Gasteiger partial charge in [-0.05, 0) is 37.5 Å². The predicted molar refractivity (Wildman–Crippen MR) is 111 cm³/mol. The number of urea groups is 1. The van der Waals surface area contributed by atoms with Gasteiger partial charge in [0.25, 0.3) is 5.69 Å². The van der Waals surface area contributed by atoms with E-state index < -0.39 is 10.9 Å². The molecule has 1 aromatic heterocycles. The molecule has 1 saturated carbocycles. The fraction of sp³-hybridized carbons (Fsp3) is 0.400. The van der Waals surface area contributed by atoms with Crippen LogP contribution in [0.1, 0.15) is 49.4 Å². The highest BCUT2D eigenvalue weighted by atomic mass is 32.1. The van der Waals surface area contributed by atoms with E-state index in [-0.39, 0.29) is 29.9 Å². The van der Waals surface area contributed by atoms with Gasteiger partial charge in [0.15, 0.2) is 0 Å². The number of ether oxygens (including phenoxy) is 1. The molecular weight excluding hydrogens is 394 g/mol. The zero-order chi connectivity index (χ0) is 20.8. The van der Waals surface area contributed by atoms with Crippen LogP contribution in [-0.4, -0.2) is 29.6 Å². The van der Waals surface area contributed by atoms with Crippen molar-refractivity contribution in [1.29, 1.82) is 0 Å². The number of esters is 1. The number of hydrogen-bond acceptors (Lipinski definition) is 6. The fourth-order valence-corrected chi connectivity index (χ4v) is 4.35. The molecular formula is C20H23N3O5S. The largest absolute Gasteiger partial charge is 0.462 e. The molecule has 1 heterocycles. The molecule has 8 nitrogen and oxygen atoms in total. The molecule has 1 aromatic carbocycles. The summed E-state index contributed by atoms with van der Waals surface area (Å²) in [5.41, 5.74) is 1.42. The summed E-state index contributed by atoms with van der Waals surface area (Å²) in [6.45, 7) is 1.90. The number of anilines is 1. The molecule has 0 aliphatic heterocycles. The van der Waals surface area contributed by atoms with Gasteiger partial charge in [-0.2, -0.15) is 0 Å². The lowest BCUT2D eigenvalue weighted by molar-refractivity contribution is -0.384. The Balaban J connectivity index is 1.84. The van der Waals surface area contributed by atoms with Crippen molar-refractivity contribution < 1.29 is 19.2 Å². The maximum atomic E-state index is 12.6. The van der Waals surface area contributed by atoms with Gasteiger partial charge in [0, 0.05) is 29.1 Å². The third-order valence-electron chi connectivity index (χ3n) is 4.83. The Labute approximate surface area is 172 Å². The number of nitrogens with zero attached hydrogens (tertiary/aromatic N) is 1. The highest BCUT2D eigenvalue weighted by Gasteiger charge is 2.24. The lowest BCUT2D eigenvalue weighted by atomic mass is 9.96. The number of amides is 2. The van der Waals surface area contributed by atoms with Crippen LogP contribution in [-0.2, 0) is 4.74 Å². The van der Waals surface area contributed by atoms with Crippen molar-refractivity contribution in [2.24, 2.45) is 0 Å².